The van der Waals surface area contributed by atoms with E-state index in [2.05, 4.69) is 152 Å². The second-order valence-corrected chi connectivity index (χ2v) is 14.8. The molecule has 256 valence electrons. The number of rotatable bonds is 5. The van der Waals surface area contributed by atoms with Gasteiger partial charge in [0.05, 0.1) is 5.69 Å². The molecule has 4 heteroatoms. The summed E-state index contributed by atoms with van der Waals surface area (Å²) in [7, 11) is 0. The van der Waals surface area contributed by atoms with Gasteiger partial charge < -0.3 is 13.7 Å². The minimum absolute atomic E-state index is 0.0857. The van der Waals surface area contributed by atoms with Crippen molar-refractivity contribution < 1.29 is 8.83 Å². The highest BCUT2D eigenvalue weighted by Gasteiger charge is 2.35. The second kappa shape index (κ2) is 11.5. The van der Waals surface area contributed by atoms with Crippen molar-refractivity contribution in [2.24, 2.45) is 0 Å². The van der Waals surface area contributed by atoms with Crippen LogP contribution in [0.3, 0.4) is 0 Å². The lowest BCUT2D eigenvalue weighted by Gasteiger charge is -2.29. The van der Waals surface area contributed by atoms with E-state index in [4.69, 9.17) is 13.8 Å². The van der Waals surface area contributed by atoms with Gasteiger partial charge in [-0.25, -0.2) is 4.98 Å². The number of nitrogens with zero attached hydrogens (tertiary/aromatic N) is 2. The average molecular weight is 695 g/mol. The zero-order chi connectivity index (χ0) is 36.0. The van der Waals surface area contributed by atoms with E-state index in [9.17, 15) is 0 Å². The van der Waals surface area contributed by atoms with E-state index in [1.165, 1.54) is 38.6 Å². The number of furan rings is 1. The van der Waals surface area contributed by atoms with Crippen molar-refractivity contribution in [1.82, 2.24) is 4.98 Å². The third kappa shape index (κ3) is 4.60. The van der Waals surface area contributed by atoms with E-state index < -0.39 is 0 Å². The second-order valence-electron chi connectivity index (χ2n) is 14.8. The van der Waals surface area contributed by atoms with E-state index in [0.717, 1.165) is 55.6 Å². The van der Waals surface area contributed by atoms with Crippen LogP contribution in [0.1, 0.15) is 25.0 Å². The molecule has 2 heterocycles. The third-order valence-electron chi connectivity index (χ3n) is 11.3. The van der Waals surface area contributed by atoms with Crippen molar-refractivity contribution in [3.05, 3.63) is 181 Å². The minimum Gasteiger partial charge on any atom is -0.456 e. The molecule has 0 fully saturated rings. The molecule has 0 aliphatic heterocycles. The van der Waals surface area contributed by atoms with E-state index in [1.54, 1.807) is 0 Å². The zero-order valence-corrected chi connectivity index (χ0v) is 29.9. The number of para-hydroxylation sites is 1. The van der Waals surface area contributed by atoms with Crippen molar-refractivity contribution in [3.8, 4) is 33.7 Å². The van der Waals surface area contributed by atoms with Gasteiger partial charge in [-0.15, -0.1) is 0 Å². The topological polar surface area (TPSA) is 42.4 Å². The Morgan fingerprint density at radius 3 is 2.06 bits per heavy atom. The summed E-state index contributed by atoms with van der Waals surface area (Å²) in [6.45, 7) is 4.66. The summed E-state index contributed by atoms with van der Waals surface area (Å²) in [5, 5.41) is 4.46. The van der Waals surface area contributed by atoms with Crippen molar-refractivity contribution in [3.63, 3.8) is 0 Å². The predicted octanol–water partition coefficient (Wildman–Crippen LogP) is 14.0. The Morgan fingerprint density at radius 2 is 1.15 bits per heavy atom. The third-order valence-corrected chi connectivity index (χ3v) is 11.3. The maximum atomic E-state index is 6.48. The summed E-state index contributed by atoms with van der Waals surface area (Å²) in [6, 6.07) is 60.4. The summed E-state index contributed by atoms with van der Waals surface area (Å²) in [5.41, 5.74) is 14.8. The molecular weight excluding hydrogens is 661 g/mol. The molecule has 8 aromatic carbocycles. The monoisotopic (exact) mass is 694 g/mol. The summed E-state index contributed by atoms with van der Waals surface area (Å²) < 4.78 is 12.7. The summed E-state index contributed by atoms with van der Waals surface area (Å²) in [5.74, 6) is 0.598. The average Bonchev–Trinajstić information content (AvgIpc) is 3.87. The maximum absolute atomic E-state index is 6.48. The smallest absolute Gasteiger partial charge is 0.227 e. The Labute approximate surface area is 312 Å². The first kappa shape index (κ1) is 30.7. The van der Waals surface area contributed by atoms with Gasteiger partial charge in [-0.1, -0.05) is 123 Å². The molecule has 0 N–H and O–H groups in total. The number of aromatic nitrogens is 1. The van der Waals surface area contributed by atoms with Crippen LogP contribution in [-0.4, -0.2) is 4.98 Å². The molecule has 11 rings (SSSR count). The van der Waals surface area contributed by atoms with E-state index in [0.29, 0.717) is 11.5 Å². The first-order chi connectivity index (χ1) is 26.5. The SMILES string of the molecule is CC1(C)c2ccccc2-c2cc(N(c3ccc4oc5cc6oc(-c7ccccc7)nc6cc5c4c3)c3ccccc3-c3cccc4ccccc34)ccc21. The lowest BCUT2D eigenvalue weighted by Crippen LogP contribution is -2.15. The normalized spacial score (nSPS) is 13.1. The Kier molecular flexibility index (Phi) is 6.56. The van der Waals surface area contributed by atoms with E-state index in [-0.39, 0.29) is 5.41 Å². The van der Waals surface area contributed by atoms with Gasteiger partial charge >= 0.3 is 0 Å². The number of oxazole rings is 1. The quantitative estimate of drug-likeness (QED) is 0.180. The predicted molar refractivity (Wildman–Crippen MR) is 222 cm³/mol. The van der Waals surface area contributed by atoms with Crippen molar-refractivity contribution in [2.45, 2.75) is 19.3 Å². The highest BCUT2D eigenvalue weighted by atomic mass is 16.4. The van der Waals surface area contributed by atoms with Gasteiger partial charge in [0, 0.05) is 44.8 Å². The fourth-order valence-electron chi connectivity index (χ4n) is 8.66. The van der Waals surface area contributed by atoms with Crippen LogP contribution in [-0.2, 0) is 5.41 Å². The van der Waals surface area contributed by atoms with Crippen molar-refractivity contribution >= 4 is 60.9 Å². The number of hydrogen-bond acceptors (Lipinski definition) is 4. The number of hydrogen-bond donors (Lipinski definition) is 0. The molecule has 4 nitrogen and oxygen atoms in total. The van der Waals surface area contributed by atoms with Crippen LogP contribution in [0.2, 0.25) is 0 Å². The maximum Gasteiger partial charge on any atom is 0.227 e. The van der Waals surface area contributed by atoms with Crippen LogP contribution in [0.5, 0.6) is 0 Å². The van der Waals surface area contributed by atoms with Gasteiger partial charge in [-0.3, -0.25) is 0 Å². The molecule has 0 spiro atoms. The molecule has 54 heavy (non-hydrogen) atoms. The van der Waals surface area contributed by atoms with E-state index in [1.807, 2.05) is 36.4 Å². The molecule has 1 aliphatic carbocycles. The molecule has 0 unspecified atom stereocenters. The van der Waals surface area contributed by atoms with Crippen LogP contribution in [0.15, 0.2) is 179 Å². The summed E-state index contributed by atoms with van der Waals surface area (Å²) >= 11 is 0. The number of benzene rings is 8. The lowest BCUT2D eigenvalue weighted by atomic mass is 9.82. The van der Waals surface area contributed by atoms with Gasteiger partial charge in [-0.05, 0) is 93.2 Å². The molecule has 0 amide bonds. The highest BCUT2D eigenvalue weighted by molar-refractivity contribution is 6.10. The minimum atomic E-state index is -0.0857. The summed E-state index contributed by atoms with van der Waals surface area (Å²) in [6.07, 6.45) is 0. The molecule has 0 bridgehead atoms. The Bertz CT molecular complexity index is 3090. The fourth-order valence-corrected chi connectivity index (χ4v) is 8.66. The van der Waals surface area contributed by atoms with Gasteiger partial charge in [0.1, 0.15) is 16.7 Å². The van der Waals surface area contributed by atoms with Crippen LogP contribution in [0.4, 0.5) is 17.1 Å². The molecule has 10 aromatic rings. The Hall–Kier alpha value is -6.91. The fraction of sp³-hybridized carbons (Fsp3) is 0.0600. The number of anilines is 3. The number of fused-ring (bicyclic) bond motifs is 8. The van der Waals surface area contributed by atoms with Crippen LogP contribution >= 0.6 is 0 Å². The molecule has 0 saturated carbocycles. The van der Waals surface area contributed by atoms with Gasteiger partial charge in [0.25, 0.3) is 0 Å². The molecule has 0 atom stereocenters. The van der Waals surface area contributed by atoms with Crippen LogP contribution in [0.25, 0.3) is 77.5 Å². The van der Waals surface area contributed by atoms with Crippen molar-refractivity contribution in [2.75, 3.05) is 4.90 Å². The van der Waals surface area contributed by atoms with Gasteiger partial charge in [-0.2, -0.15) is 0 Å². The largest absolute Gasteiger partial charge is 0.456 e. The first-order valence-electron chi connectivity index (χ1n) is 18.5. The Balaban J connectivity index is 1.14. The zero-order valence-electron chi connectivity index (χ0n) is 29.9. The Morgan fingerprint density at radius 1 is 0.463 bits per heavy atom. The van der Waals surface area contributed by atoms with E-state index >= 15 is 0 Å². The standard InChI is InChI=1S/C50H34N2O2/c1-50(2)42-21-10-8-18-37(42)39-27-33(23-25-43(39)50)52(45-22-11-9-19-38(45)36-20-12-16-31-13-6-7-17-35(31)36)34-24-26-46-40(28-34)41-29-44-48(30-47(41)53-46)54-49(51-44)32-14-4-3-5-15-32/h3-30H,1-2H3. The highest BCUT2D eigenvalue weighted by Crippen LogP contribution is 2.51. The van der Waals surface area contributed by atoms with Gasteiger partial charge in [0.2, 0.25) is 5.89 Å². The molecular formula is C50H34N2O2. The lowest BCUT2D eigenvalue weighted by molar-refractivity contribution is 0.617. The molecule has 0 saturated heterocycles. The first-order valence-corrected chi connectivity index (χ1v) is 18.5. The molecule has 1 aliphatic rings. The van der Waals surface area contributed by atoms with Crippen LogP contribution < -0.4 is 4.90 Å². The molecule has 0 radical (unpaired) electrons. The summed E-state index contributed by atoms with van der Waals surface area (Å²) in [4.78, 5) is 7.30. The van der Waals surface area contributed by atoms with Crippen LogP contribution in [0, 0.1) is 0 Å². The van der Waals surface area contributed by atoms with Gasteiger partial charge in [0.15, 0.2) is 5.58 Å². The molecule has 2 aromatic heterocycles. The van der Waals surface area contributed by atoms with Crippen molar-refractivity contribution in [1.29, 1.82) is 0 Å².